The van der Waals surface area contributed by atoms with E-state index in [0.29, 0.717) is 12.0 Å². The maximum Gasteiger partial charge on any atom is 0.123 e. The average Bonchev–Trinajstić information content (AvgIpc) is 3.13. The van der Waals surface area contributed by atoms with Crippen LogP contribution in [0.25, 0.3) is 0 Å². The van der Waals surface area contributed by atoms with E-state index >= 15 is 0 Å². The van der Waals surface area contributed by atoms with E-state index in [2.05, 4.69) is 37.1 Å². The fourth-order valence-corrected chi connectivity index (χ4v) is 5.52. The van der Waals surface area contributed by atoms with Gasteiger partial charge in [-0.3, -0.25) is 0 Å². The first kappa shape index (κ1) is 16.6. The Morgan fingerprint density at radius 2 is 2.25 bits per heavy atom. The van der Waals surface area contributed by atoms with Crippen molar-refractivity contribution in [2.24, 2.45) is 0 Å². The number of thiophene rings is 1. The summed E-state index contributed by atoms with van der Waals surface area (Å²) in [6, 6.07) is 2.66. The Labute approximate surface area is 152 Å². The van der Waals surface area contributed by atoms with Crippen molar-refractivity contribution in [3.8, 4) is 0 Å². The number of imidazole rings is 1. The third kappa shape index (κ3) is 2.81. The molecule has 2 aliphatic rings. The van der Waals surface area contributed by atoms with Gasteiger partial charge in [0.1, 0.15) is 11.4 Å². The van der Waals surface area contributed by atoms with Gasteiger partial charge in [0.25, 0.3) is 0 Å². The molecular weight excluding hydrogens is 342 g/mol. The van der Waals surface area contributed by atoms with Gasteiger partial charge in [-0.2, -0.15) is 0 Å². The van der Waals surface area contributed by atoms with Crippen LogP contribution in [0.4, 0.5) is 0 Å². The minimum atomic E-state index is -0.231. The monoisotopic (exact) mass is 365 g/mol. The Morgan fingerprint density at radius 3 is 3.00 bits per heavy atom. The standard InChI is InChI=1S/C18H24ClN3OS/c1-10(2)14-9-20-17(22-14)13-8-18(7-11(3)21-13)16-12(4-5-23-18)6-15(19)24-16/h6,9-11,13,21H,4-5,7-8H2,1-3H3,(H,20,22). The molecule has 1 saturated heterocycles. The summed E-state index contributed by atoms with van der Waals surface area (Å²) in [6.45, 7) is 7.34. The van der Waals surface area contributed by atoms with Crippen LogP contribution in [-0.2, 0) is 16.8 Å². The Balaban J connectivity index is 1.68. The SMILES string of the molecule is CC1CC2(CC(c3nc(C(C)C)c[nH]3)N1)OCCc1cc(Cl)sc12. The number of fused-ring (bicyclic) bond motifs is 2. The molecule has 0 bridgehead atoms. The molecule has 24 heavy (non-hydrogen) atoms. The van der Waals surface area contributed by atoms with Gasteiger partial charge >= 0.3 is 0 Å². The van der Waals surface area contributed by atoms with E-state index in [1.165, 1.54) is 10.4 Å². The van der Waals surface area contributed by atoms with Crippen LogP contribution in [0.2, 0.25) is 4.34 Å². The molecule has 0 aromatic carbocycles. The highest BCUT2D eigenvalue weighted by Gasteiger charge is 2.46. The second-order valence-electron chi connectivity index (χ2n) is 7.39. The van der Waals surface area contributed by atoms with Gasteiger partial charge in [-0.1, -0.05) is 25.4 Å². The van der Waals surface area contributed by atoms with Crippen LogP contribution < -0.4 is 5.32 Å². The molecule has 3 unspecified atom stereocenters. The third-order valence-corrected chi connectivity index (χ3v) is 6.63. The van der Waals surface area contributed by atoms with Crippen molar-refractivity contribution in [3.05, 3.63) is 38.6 Å². The maximum absolute atomic E-state index is 6.39. The van der Waals surface area contributed by atoms with Gasteiger partial charge < -0.3 is 15.0 Å². The molecule has 3 atom stereocenters. The lowest BCUT2D eigenvalue weighted by atomic mass is 9.79. The molecule has 130 valence electrons. The van der Waals surface area contributed by atoms with Crippen LogP contribution >= 0.6 is 22.9 Å². The minimum Gasteiger partial charge on any atom is -0.369 e. The molecule has 2 aliphatic heterocycles. The van der Waals surface area contributed by atoms with Crippen molar-refractivity contribution >= 4 is 22.9 Å². The zero-order chi connectivity index (χ0) is 16.9. The van der Waals surface area contributed by atoms with Crippen molar-refractivity contribution in [1.29, 1.82) is 0 Å². The zero-order valence-electron chi connectivity index (χ0n) is 14.4. The predicted octanol–water partition coefficient (Wildman–Crippen LogP) is 4.53. The Morgan fingerprint density at radius 1 is 1.42 bits per heavy atom. The second-order valence-corrected chi connectivity index (χ2v) is 9.07. The average molecular weight is 366 g/mol. The summed E-state index contributed by atoms with van der Waals surface area (Å²) in [5, 5.41) is 3.69. The highest BCUT2D eigenvalue weighted by Crippen LogP contribution is 2.49. The van der Waals surface area contributed by atoms with Crippen LogP contribution in [-0.4, -0.2) is 22.6 Å². The summed E-state index contributed by atoms with van der Waals surface area (Å²) < 4.78 is 7.26. The molecule has 6 heteroatoms. The zero-order valence-corrected chi connectivity index (χ0v) is 15.9. The van der Waals surface area contributed by atoms with Crippen LogP contribution in [0, 0.1) is 0 Å². The van der Waals surface area contributed by atoms with Gasteiger partial charge in [-0.25, -0.2) is 4.98 Å². The number of hydrogen-bond donors (Lipinski definition) is 2. The number of halogens is 1. The number of hydrogen-bond acceptors (Lipinski definition) is 4. The fourth-order valence-electron chi connectivity index (χ4n) is 4.06. The Bertz CT molecular complexity index is 740. The molecule has 1 spiro atoms. The van der Waals surface area contributed by atoms with Crippen molar-refractivity contribution in [1.82, 2.24) is 15.3 Å². The summed E-state index contributed by atoms with van der Waals surface area (Å²) in [6.07, 6.45) is 4.87. The first-order chi connectivity index (χ1) is 11.5. The molecule has 1 fully saturated rings. The number of nitrogens with zero attached hydrogens (tertiary/aromatic N) is 1. The maximum atomic E-state index is 6.39. The fraction of sp³-hybridized carbons (Fsp3) is 0.611. The molecule has 2 N–H and O–H groups in total. The first-order valence-electron chi connectivity index (χ1n) is 8.71. The van der Waals surface area contributed by atoms with Gasteiger partial charge in [0.2, 0.25) is 0 Å². The minimum absolute atomic E-state index is 0.174. The topological polar surface area (TPSA) is 49.9 Å². The number of aromatic nitrogens is 2. The van der Waals surface area contributed by atoms with E-state index in [1.807, 2.05) is 6.20 Å². The van der Waals surface area contributed by atoms with Gasteiger partial charge in [0.15, 0.2) is 0 Å². The first-order valence-corrected chi connectivity index (χ1v) is 9.90. The number of rotatable bonds is 2. The number of piperidine rings is 1. The molecule has 4 rings (SSSR count). The lowest BCUT2D eigenvalue weighted by Crippen LogP contribution is -2.49. The molecule has 2 aromatic heterocycles. The van der Waals surface area contributed by atoms with E-state index in [4.69, 9.17) is 21.3 Å². The summed E-state index contributed by atoms with van der Waals surface area (Å²) in [7, 11) is 0. The molecule has 4 nitrogen and oxygen atoms in total. The van der Waals surface area contributed by atoms with Crippen molar-refractivity contribution in [3.63, 3.8) is 0 Å². The summed E-state index contributed by atoms with van der Waals surface area (Å²) in [5.74, 6) is 1.45. The number of aromatic amines is 1. The summed E-state index contributed by atoms with van der Waals surface area (Å²) in [5.41, 5.74) is 2.25. The molecule has 0 amide bonds. The Hall–Kier alpha value is -0.880. The highest BCUT2D eigenvalue weighted by molar-refractivity contribution is 7.16. The molecular formula is C18H24ClN3OS. The largest absolute Gasteiger partial charge is 0.369 e. The second kappa shape index (κ2) is 6.13. The van der Waals surface area contributed by atoms with E-state index in [1.54, 1.807) is 11.3 Å². The Kier molecular flexibility index (Phi) is 4.23. The summed E-state index contributed by atoms with van der Waals surface area (Å²) >= 11 is 8.00. The van der Waals surface area contributed by atoms with Crippen LogP contribution in [0.5, 0.6) is 0 Å². The van der Waals surface area contributed by atoms with Gasteiger partial charge in [0, 0.05) is 23.5 Å². The molecule has 2 aromatic rings. The molecule has 0 aliphatic carbocycles. The number of nitrogens with one attached hydrogen (secondary N) is 2. The lowest BCUT2D eigenvalue weighted by molar-refractivity contribution is -0.0960. The normalized spacial score (nSPS) is 30.0. The van der Waals surface area contributed by atoms with E-state index < -0.39 is 0 Å². The van der Waals surface area contributed by atoms with Crippen molar-refractivity contribution < 1.29 is 4.74 Å². The number of ether oxygens (including phenoxy) is 1. The third-order valence-electron chi connectivity index (χ3n) is 5.14. The quantitative estimate of drug-likeness (QED) is 0.822. The highest BCUT2D eigenvalue weighted by atomic mass is 35.5. The van der Waals surface area contributed by atoms with Gasteiger partial charge in [0.05, 0.1) is 22.7 Å². The van der Waals surface area contributed by atoms with Crippen molar-refractivity contribution in [2.75, 3.05) is 6.61 Å². The molecule has 4 heterocycles. The van der Waals surface area contributed by atoms with E-state index in [-0.39, 0.29) is 11.6 Å². The van der Waals surface area contributed by atoms with Crippen LogP contribution in [0.15, 0.2) is 12.3 Å². The molecule has 0 radical (unpaired) electrons. The summed E-state index contributed by atoms with van der Waals surface area (Å²) in [4.78, 5) is 9.51. The van der Waals surface area contributed by atoms with Gasteiger partial charge in [-0.15, -0.1) is 11.3 Å². The van der Waals surface area contributed by atoms with E-state index in [9.17, 15) is 0 Å². The lowest BCUT2D eigenvalue weighted by Gasteiger charge is -2.45. The van der Waals surface area contributed by atoms with Crippen LogP contribution in [0.3, 0.4) is 0 Å². The predicted molar refractivity (Wildman–Crippen MR) is 97.9 cm³/mol. The smallest absolute Gasteiger partial charge is 0.123 e. The van der Waals surface area contributed by atoms with Crippen LogP contribution in [0.1, 0.15) is 67.5 Å². The number of H-pyrrole nitrogens is 1. The van der Waals surface area contributed by atoms with Crippen molar-refractivity contribution in [2.45, 2.75) is 63.6 Å². The van der Waals surface area contributed by atoms with E-state index in [0.717, 1.165) is 41.7 Å². The van der Waals surface area contributed by atoms with Gasteiger partial charge in [-0.05, 0) is 37.3 Å². The molecule has 0 saturated carbocycles.